The molecular weight excluding hydrogens is 303 g/mol. The van der Waals surface area contributed by atoms with Gasteiger partial charge in [-0.2, -0.15) is 0 Å². The van der Waals surface area contributed by atoms with Gasteiger partial charge < -0.3 is 4.57 Å². The zero-order valence-corrected chi connectivity index (χ0v) is 10.3. The van der Waals surface area contributed by atoms with Gasteiger partial charge >= 0.3 is 0 Å². The Labute approximate surface area is 101 Å². The summed E-state index contributed by atoms with van der Waals surface area (Å²) in [5, 5.41) is 0. The van der Waals surface area contributed by atoms with E-state index in [-0.39, 0.29) is 5.78 Å². The van der Waals surface area contributed by atoms with Crippen LogP contribution < -0.4 is 0 Å². The summed E-state index contributed by atoms with van der Waals surface area (Å²) < 4.78 is 2.77. The van der Waals surface area contributed by atoms with Gasteiger partial charge in [-0.1, -0.05) is 12.1 Å². The van der Waals surface area contributed by atoms with E-state index in [1.54, 1.807) is 23.0 Å². The standard InChI is InChI=1S/C11H9IN2O/c1-14-6-5-13-11(14)10(15)8-3-2-4-9(12)7-8/h2-7H,1H3. The number of nitrogens with zero attached hydrogens (tertiary/aromatic N) is 2. The molecule has 1 heterocycles. The average molecular weight is 312 g/mol. The fourth-order valence-electron chi connectivity index (χ4n) is 1.34. The number of carbonyl (C=O) groups excluding carboxylic acids is 1. The highest BCUT2D eigenvalue weighted by Crippen LogP contribution is 2.11. The number of hydrogen-bond donors (Lipinski definition) is 0. The highest BCUT2D eigenvalue weighted by atomic mass is 127. The summed E-state index contributed by atoms with van der Waals surface area (Å²) >= 11 is 2.19. The third-order valence-corrected chi connectivity index (χ3v) is 2.78. The Balaban J connectivity index is 2.41. The number of carbonyl (C=O) groups is 1. The molecule has 15 heavy (non-hydrogen) atoms. The molecule has 1 aromatic heterocycles. The van der Waals surface area contributed by atoms with Gasteiger partial charge in [0.15, 0.2) is 5.82 Å². The summed E-state index contributed by atoms with van der Waals surface area (Å²) in [5.74, 6) is 0.429. The number of imidazole rings is 1. The maximum absolute atomic E-state index is 12.0. The van der Waals surface area contributed by atoms with Crippen LogP contribution in [0.5, 0.6) is 0 Å². The predicted molar refractivity (Wildman–Crippen MR) is 65.8 cm³/mol. The lowest BCUT2D eigenvalue weighted by Gasteiger charge is -2.01. The predicted octanol–water partition coefficient (Wildman–Crippen LogP) is 2.26. The maximum Gasteiger partial charge on any atom is 0.228 e. The molecule has 0 spiro atoms. The van der Waals surface area contributed by atoms with Gasteiger partial charge in [0, 0.05) is 28.6 Å². The summed E-state index contributed by atoms with van der Waals surface area (Å²) in [7, 11) is 1.81. The monoisotopic (exact) mass is 312 g/mol. The van der Waals surface area contributed by atoms with Crippen LogP contribution in [0.25, 0.3) is 0 Å². The Morgan fingerprint density at radius 2 is 2.27 bits per heavy atom. The van der Waals surface area contributed by atoms with Gasteiger partial charge in [-0.15, -0.1) is 0 Å². The first-order valence-corrected chi connectivity index (χ1v) is 5.54. The Hall–Kier alpha value is -1.17. The molecule has 0 unspecified atom stereocenters. The molecule has 0 saturated carbocycles. The van der Waals surface area contributed by atoms with Crippen LogP contribution >= 0.6 is 22.6 Å². The van der Waals surface area contributed by atoms with Crippen molar-refractivity contribution in [2.45, 2.75) is 0 Å². The largest absolute Gasteiger partial charge is 0.331 e. The van der Waals surface area contributed by atoms with E-state index in [4.69, 9.17) is 0 Å². The number of hydrogen-bond acceptors (Lipinski definition) is 2. The minimum Gasteiger partial charge on any atom is -0.331 e. The normalized spacial score (nSPS) is 10.3. The van der Waals surface area contributed by atoms with Crippen molar-refractivity contribution in [2.75, 3.05) is 0 Å². The fourth-order valence-corrected chi connectivity index (χ4v) is 1.89. The number of halogens is 1. The average Bonchev–Trinajstić information content (AvgIpc) is 2.63. The van der Waals surface area contributed by atoms with E-state index in [1.165, 1.54) is 0 Å². The molecule has 0 radical (unpaired) electrons. The van der Waals surface area contributed by atoms with Crippen molar-refractivity contribution < 1.29 is 4.79 Å². The molecule has 0 aliphatic rings. The Morgan fingerprint density at radius 3 is 2.87 bits per heavy atom. The summed E-state index contributed by atoms with van der Waals surface area (Å²) in [4.78, 5) is 16.0. The molecule has 0 aliphatic carbocycles. The van der Waals surface area contributed by atoms with Crippen LogP contribution in [0, 0.1) is 3.57 Å². The molecule has 0 atom stereocenters. The second-order valence-electron chi connectivity index (χ2n) is 3.20. The van der Waals surface area contributed by atoms with E-state index in [0.29, 0.717) is 11.4 Å². The van der Waals surface area contributed by atoms with Gasteiger partial charge in [-0.3, -0.25) is 4.79 Å². The van der Waals surface area contributed by atoms with Crippen molar-refractivity contribution in [1.82, 2.24) is 9.55 Å². The van der Waals surface area contributed by atoms with Crippen LogP contribution in [0.3, 0.4) is 0 Å². The van der Waals surface area contributed by atoms with E-state index in [0.717, 1.165) is 3.57 Å². The number of ketones is 1. The second kappa shape index (κ2) is 4.14. The molecule has 2 aromatic rings. The van der Waals surface area contributed by atoms with E-state index in [2.05, 4.69) is 27.6 Å². The van der Waals surface area contributed by atoms with Gasteiger partial charge in [0.1, 0.15) is 0 Å². The third kappa shape index (κ3) is 2.09. The fraction of sp³-hybridized carbons (Fsp3) is 0.0909. The van der Waals surface area contributed by atoms with Crippen molar-refractivity contribution in [3.05, 3.63) is 51.6 Å². The molecule has 0 bridgehead atoms. The zero-order chi connectivity index (χ0) is 10.8. The Kier molecular flexibility index (Phi) is 2.86. The molecule has 0 aliphatic heterocycles. The van der Waals surface area contributed by atoms with Crippen LogP contribution in [0.15, 0.2) is 36.7 Å². The van der Waals surface area contributed by atoms with Crippen LogP contribution in [0.4, 0.5) is 0 Å². The SMILES string of the molecule is Cn1ccnc1C(=O)c1cccc(I)c1. The lowest BCUT2D eigenvalue weighted by atomic mass is 10.1. The van der Waals surface area contributed by atoms with Crippen LogP contribution in [0.1, 0.15) is 16.2 Å². The highest BCUT2D eigenvalue weighted by molar-refractivity contribution is 14.1. The molecule has 0 amide bonds. The topological polar surface area (TPSA) is 34.9 Å². The quantitative estimate of drug-likeness (QED) is 0.630. The van der Waals surface area contributed by atoms with Gasteiger partial charge in [0.25, 0.3) is 0 Å². The Bertz CT molecular complexity index is 505. The van der Waals surface area contributed by atoms with Crippen LogP contribution in [-0.4, -0.2) is 15.3 Å². The van der Waals surface area contributed by atoms with Crippen LogP contribution in [-0.2, 0) is 7.05 Å². The summed E-state index contributed by atoms with van der Waals surface area (Å²) in [6.07, 6.45) is 3.39. The number of aryl methyl sites for hydroxylation is 1. The number of benzene rings is 1. The molecule has 0 fully saturated rings. The first kappa shape index (κ1) is 10.4. The van der Waals surface area contributed by atoms with E-state index >= 15 is 0 Å². The minimum absolute atomic E-state index is 0.0407. The summed E-state index contributed by atoms with van der Waals surface area (Å²) in [6.45, 7) is 0. The first-order chi connectivity index (χ1) is 7.18. The van der Waals surface area contributed by atoms with Crippen molar-refractivity contribution in [2.24, 2.45) is 7.05 Å². The smallest absolute Gasteiger partial charge is 0.228 e. The van der Waals surface area contributed by atoms with Crippen molar-refractivity contribution >= 4 is 28.4 Å². The molecule has 3 nitrogen and oxygen atoms in total. The van der Waals surface area contributed by atoms with E-state index in [9.17, 15) is 4.79 Å². The third-order valence-electron chi connectivity index (χ3n) is 2.11. The second-order valence-corrected chi connectivity index (χ2v) is 4.45. The van der Waals surface area contributed by atoms with Gasteiger partial charge in [-0.05, 0) is 34.7 Å². The Morgan fingerprint density at radius 1 is 1.47 bits per heavy atom. The van der Waals surface area contributed by atoms with Gasteiger partial charge in [0.2, 0.25) is 5.78 Å². The molecule has 1 aromatic carbocycles. The van der Waals surface area contributed by atoms with Crippen molar-refractivity contribution in [3.8, 4) is 0 Å². The van der Waals surface area contributed by atoms with E-state index < -0.39 is 0 Å². The maximum atomic E-state index is 12.0. The molecule has 2 rings (SSSR count). The molecule has 4 heteroatoms. The van der Waals surface area contributed by atoms with Crippen molar-refractivity contribution in [1.29, 1.82) is 0 Å². The molecule has 76 valence electrons. The first-order valence-electron chi connectivity index (χ1n) is 4.46. The van der Waals surface area contributed by atoms with E-state index in [1.807, 2.05) is 25.2 Å². The number of aromatic nitrogens is 2. The summed E-state index contributed by atoms with van der Waals surface area (Å²) in [6, 6.07) is 7.49. The van der Waals surface area contributed by atoms with Gasteiger partial charge in [0.05, 0.1) is 0 Å². The highest BCUT2D eigenvalue weighted by Gasteiger charge is 2.13. The molecule has 0 saturated heterocycles. The van der Waals surface area contributed by atoms with Gasteiger partial charge in [-0.25, -0.2) is 4.98 Å². The minimum atomic E-state index is -0.0407. The molecule has 0 N–H and O–H groups in total. The lowest BCUT2D eigenvalue weighted by Crippen LogP contribution is -2.08. The molecular formula is C11H9IN2O. The summed E-state index contributed by atoms with van der Waals surface area (Å²) in [5.41, 5.74) is 0.677. The number of rotatable bonds is 2. The zero-order valence-electron chi connectivity index (χ0n) is 8.14. The lowest BCUT2D eigenvalue weighted by molar-refractivity contribution is 0.102. The van der Waals surface area contributed by atoms with Crippen molar-refractivity contribution in [3.63, 3.8) is 0 Å². The van der Waals surface area contributed by atoms with Crippen LogP contribution in [0.2, 0.25) is 0 Å².